The van der Waals surface area contributed by atoms with Crippen molar-refractivity contribution in [2.75, 3.05) is 0 Å². The van der Waals surface area contributed by atoms with Crippen molar-refractivity contribution < 1.29 is 0 Å². The summed E-state index contributed by atoms with van der Waals surface area (Å²) in [6.45, 7) is 19.0. The third-order valence-electron chi connectivity index (χ3n) is 1.57. The quantitative estimate of drug-likeness (QED) is 0.435. The Kier molecular flexibility index (Phi) is 10.8. The molecule has 0 bridgehead atoms. The van der Waals surface area contributed by atoms with Gasteiger partial charge in [0.1, 0.15) is 14.4 Å². The van der Waals surface area contributed by atoms with E-state index in [2.05, 4.69) is 63.8 Å². The molecule has 0 rings (SSSR count). The molecule has 0 nitrogen and oxygen atoms in total. The van der Waals surface area contributed by atoms with E-state index in [0.717, 1.165) is 0 Å². The van der Waals surface area contributed by atoms with E-state index in [9.17, 15) is 0 Å². The number of hydrogen-bond acceptors (Lipinski definition) is 1. The fraction of sp³-hybridized carbons (Fsp3) is 1.00. The maximum atomic E-state index is 2.43. The van der Waals surface area contributed by atoms with Gasteiger partial charge in [0, 0.05) is 0 Å². The summed E-state index contributed by atoms with van der Waals surface area (Å²) in [5.74, 6) is 0. The second-order valence-corrected chi connectivity index (χ2v) is 24.5. The molecule has 0 aromatic rings. The predicted molar refractivity (Wildman–Crippen MR) is 84.1 cm³/mol. The van der Waals surface area contributed by atoms with E-state index >= 15 is 0 Å². The summed E-state index contributed by atoms with van der Waals surface area (Å²) in [6.07, 6.45) is 5.54. The highest BCUT2D eigenvalue weighted by Crippen LogP contribution is 2.29. The summed E-state index contributed by atoms with van der Waals surface area (Å²) in [6, 6.07) is 0. The Bertz CT molecular complexity index is 118. The fourth-order valence-corrected chi connectivity index (χ4v) is 25.3. The molecule has 0 radical (unpaired) electrons. The number of hydrogen-bond donors (Lipinski definition) is 0. The first-order valence-corrected chi connectivity index (χ1v) is 15.6. The van der Waals surface area contributed by atoms with Crippen molar-refractivity contribution in [2.24, 2.45) is 0 Å². The second kappa shape index (κ2) is 8.88. The smallest absolute Gasteiger partial charge is 0.101 e. The van der Waals surface area contributed by atoms with Crippen molar-refractivity contribution in [2.45, 2.75) is 78.8 Å². The van der Waals surface area contributed by atoms with Gasteiger partial charge in [0.2, 0.25) is 0 Å². The molecule has 0 heterocycles. The predicted octanol–water partition coefficient (Wildman–Crippen LogP) is 5.98. The molecule has 0 aliphatic carbocycles. The highest BCUT2D eigenvalue weighted by atomic mass is 32.5. The molecule has 0 aliphatic rings. The van der Waals surface area contributed by atoms with Gasteiger partial charge in [-0.2, -0.15) is 0 Å². The van der Waals surface area contributed by atoms with E-state index in [1.54, 1.807) is 0 Å². The molecule has 0 fully saturated rings. The second-order valence-electron chi connectivity index (χ2n) is 6.03. The van der Waals surface area contributed by atoms with E-state index in [4.69, 9.17) is 0 Å². The maximum absolute atomic E-state index is 2.43. The van der Waals surface area contributed by atoms with E-state index in [1.165, 1.54) is 25.7 Å². The Balaban J connectivity index is 0. The van der Waals surface area contributed by atoms with Crippen molar-refractivity contribution in [3.63, 3.8) is 0 Å². The lowest BCUT2D eigenvalue weighted by Crippen LogP contribution is -2.27. The minimum absolute atomic E-state index is 0.814. The lowest BCUT2D eigenvalue weighted by Gasteiger charge is -2.25. The summed E-state index contributed by atoms with van der Waals surface area (Å²) in [5.41, 5.74) is 0. The molecule has 0 aromatic heterocycles. The number of rotatable bonds is 5. The van der Waals surface area contributed by atoms with Crippen LogP contribution in [0.25, 0.3) is 0 Å². The Hall–Kier alpha value is 0.784. The zero-order valence-electron chi connectivity index (χ0n) is 12.2. The van der Waals surface area contributed by atoms with Crippen LogP contribution in [0.15, 0.2) is 0 Å². The zero-order valence-corrected chi connectivity index (χ0v) is 15.1. The normalized spacial score (nSPS) is 12.0. The molecule has 0 N–H and O–H groups in total. The van der Waals surface area contributed by atoms with E-state index in [1.807, 2.05) is 0 Å². The van der Waals surface area contributed by atoms with Gasteiger partial charge < -0.3 is 0 Å². The first-order chi connectivity index (χ1) is 6.62. The number of unbranched alkanes of at least 4 members (excludes halogenated alkanes) is 3. The lowest BCUT2D eigenvalue weighted by molar-refractivity contribution is 0.702. The maximum Gasteiger partial charge on any atom is 0.101 e. The zero-order chi connectivity index (χ0) is 12.5. The Labute approximate surface area is 104 Å². The first-order valence-electron chi connectivity index (χ1n) is 6.32. The first kappa shape index (κ1) is 18.2. The SMILES string of the molecule is CCCCCC.C[Si](C)(C)S[Si](C)(C)C. The Morgan fingerprint density at radius 3 is 1.00 bits per heavy atom. The molecule has 0 atom stereocenters. The third-order valence-corrected chi connectivity index (χ3v) is 17.5. The van der Waals surface area contributed by atoms with Gasteiger partial charge in [-0.25, -0.2) is 10.7 Å². The average Bonchev–Trinajstić information content (AvgIpc) is 1.94. The molecule has 0 unspecified atom stereocenters. The van der Waals surface area contributed by atoms with Gasteiger partial charge in [0.25, 0.3) is 0 Å². The van der Waals surface area contributed by atoms with Crippen molar-refractivity contribution in [3.05, 3.63) is 0 Å². The molecule has 3 heteroatoms. The van der Waals surface area contributed by atoms with Crippen molar-refractivity contribution in [1.82, 2.24) is 0 Å². The minimum atomic E-state index is -0.814. The van der Waals surface area contributed by atoms with Crippen LogP contribution in [0.5, 0.6) is 0 Å². The van der Waals surface area contributed by atoms with Crippen LogP contribution in [0.2, 0.25) is 39.3 Å². The Morgan fingerprint density at radius 1 is 0.667 bits per heavy atom. The van der Waals surface area contributed by atoms with Crippen LogP contribution >= 0.6 is 10.7 Å². The molecule has 15 heavy (non-hydrogen) atoms. The van der Waals surface area contributed by atoms with Crippen molar-refractivity contribution >= 4 is 25.1 Å². The van der Waals surface area contributed by atoms with Gasteiger partial charge in [-0.3, -0.25) is 0 Å². The van der Waals surface area contributed by atoms with Gasteiger partial charge in [-0.1, -0.05) is 78.8 Å². The van der Waals surface area contributed by atoms with Crippen LogP contribution in [-0.2, 0) is 0 Å². The van der Waals surface area contributed by atoms with Gasteiger partial charge in [-0.05, 0) is 0 Å². The van der Waals surface area contributed by atoms with E-state index in [-0.39, 0.29) is 0 Å². The van der Waals surface area contributed by atoms with Crippen LogP contribution in [0.1, 0.15) is 39.5 Å². The molecule has 0 saturated carbocycles. The summed E-state index contributed by atoms with van der Waals surface area (Å²) in [5, 5.41) is 0. The highest BCUT2D eigenvalue weighted by Gasteiger charge is 2.24. The van der Waals surface area contributed by atoms with Crippen molar-refractivity contribution in [1.29, 1.82) is 0 Å². The molecule has 0 spiro atoms. The molecular weight excluding hydrogens is 232 g/mol. The minimum Gasteiger partial charge on any atom is -0.206 e. The third kappa shape index (κ3) is 25.2. The van der Waals surface area contributed by atoms with E-state index in [0.29, 0.717) is 0 Å². The summed E-state index contributed by atoms with van der Waals surface area (Å²) < 4.78 is 0. The highest BCUT2D eigenvalue weighted by molar-refractivity contribution is 8.49. The monoisotopic (exact) mass is 264 g/mol. The van der Waals surface area contributed by atoms with Gasteiger partial charge in [0.15, 0.2) is 0 Å². The molecule has 0 aromatic carbocycles. The van der Waals surface area contributed by atoms with Crippen LogP contribution in [0.3, 0.4) is 0 Å². The topological polar surface area (TPSA) is 0 Å². The van der Waals surface area contributed by atoms with E-state index < -0.39 is 14.4 Å². The van der Waals surface area contributed by atoms with Crippen LogP contribution in [-0.4, -0.2) is 14.4 Å². The fourth-order valence-electron chi connectivity index (χ4n) is 1.42. The van der Waals surface area contributed by atoms with Gasteiger partial charge >= 0.3 is 0 Å². The largest absolute Gasteiger partial charge is 0.206 e. The van der Waals surface area contributed by atoms with Gasteiger partial charge in [-0.15, -0.1) is 0 Å². The van der Waals surface area contributed by atoms with Crippen LogP contribution in [0.4, 0.5) is 0 Å². The molecule has 0 aliphatic heterocycles. The standard InChI is InChI=1S/C6H18SSi2.C6H14/c1-8(2,3)7-9(4,5)6;1-3-5-6-4-2/h1-6H3;3-6H2,1-2H3. The van der Waals surface area contributed by atoms with Crippen LogP contribution < -0.4 is 0 Å². The molecule has 94 valence electrons. The summed E-state index contributed by atoms with van der Waals surface area (Å²) in [4.78, 5) is 0. The molecular formula is C12H32SSi2. The average molecular weight is 265 g/mol. The molecule has 0 amide bonds. The Morgan fingerprint density at radius 2 is 0.933 bits per heavy atom. The summed E-state index contributed by atoms with van der Waals surface area (Å²) >= 11 is 0. The van der Waals surface area contributed by atoms with Crippen LogP contribution in [0, 0.1) is 0 Å². The lowest BCUT2D eigenvalue weighted by atomic mass is 10.2. The molecule has 0 saturated heterocycles. The van der Waals surface area contributed by atoms with Gasteiger partial charge in [0.05, 0.1) is 0 Å². The van der Waals surface area contributed by atoms with Crippen molar-refractivity contribution in [3.8, 4) is 0 Å². The summed E-state index contributed by atoms with van der Waals surface area (Å²) in [7, 11) is 0.663.